The van der Waals surface area contributed by atoms with Gasteiger partial charge in [-0.2, -0.15) is 0 Å². The first-order valence-electron chi connectivity index (χ1n) is 16.8. The molecule has 0 saturated carbocycles. The molecule has 0 saturated heterocycles. The van der Waals surface area contributed by atoms with Crippen LogP contribution in [0.2, 0.25) is 0 Å². The van der Waals surface area contributed by atoms with E-state index >= 15 is 0 Å². The monoisotopic (exact) mass is 607 g/mol. The van der Waals surface area contributed by atoms with E-state index in [0.29, 0.717) is 0 Å². The number of aryl methyl sites for hydroxylation is 2. The third kappa shape index (κ3) is 3.81. The molecule has 0 amide bonds. The third-order valence-electron chi connectivity index (χ3n) is 11.5. The maximum Gasteiger partial charge on any atom is 0.268 e. The molecule has 2 aliphatic carbocycles. The minimum Gasteiger partial charge on any atom is -0.458 e. The van der Waals surface area contributed by atoms with Gasteiger partial charge in [-0.25, -0.2) is 0 Å². The summed E-state index contributed by atoms with van der Waals surface area (Å²) in [6, 6.07) is 23.8. The van der Waals surface area contributed by atoms with Crippen LogP contribution in [0.25, 0.3) is 10.1 Å². The smallest absolute Gasteiger partial charge is 0.268 e. The van der Waals surface area contributed by atoms with Gasteiger partial charge < -0.3 is 9.64 Å². The van der Waals surface area contributed by atoms with Crippen molar-refractivity contribution in [1.82, 2.24) is 0 Å². The zero-order chi connectivity index (χ0) is 31.2. The number of ether oxygens (including phenoxy) is 1. The van der Waals surface area contributed by atoms with Gasteiger partial charge in [-0.15, -0.1) is 11.3 Å². The lowest BCUT2D eigenvalue weighted by molar-refractivity contribution is 0.332. The summed E-state index contributed by atoms with van der Waals surface area (Å²) in [5.41, 5.74) is 15.7. The summed E-state index contributed by atoms with van der Waals surface area (Å²) in [7, 11) is 0. The van der Waals surface area contributed by atoms with Gasteiger partial charge in [0.1, 0.15) is 11.5 Å². The van der Waals surface area contributed by atoms with Crippen molar-refractivity contribution < 1.29 is 4.74 Å². The summed E-state index contributed by atoms with van der Waals surface area (Å²) >= 11 is 2.02. The van der Waals surface area contributed by atoms with Gasteiger partial charge in [0, 0.05) is 26.2 Å². The van der Waals surface area contributed by atoms with E-state index in [4.69, 9.17) is 4.74 Å². The highest BCUT2D eigenvalue weighted by molar-refractivity contribution is 7.33. The second-order valence-corrected chi connectivity index (χ2v) is 17.5. The molecule has 0 spiro atoms. The second-order valence-electron chi connectivity index (χ2n) is 16.5. The first-order valence-corrected chi connectivity index (χ1v) is 17.6. The zero-order valence-electron chi connectivity index (χ0n) is 27.9. The molecule has 0 bridgehead atoms. The highest BCUT2D eigenvalue weighted by Gasteiger charge is 2.46. The van der Waals surface area contributed by atoms with Gasteiger partial charge in [-0.05, 0) is 130 Å². The van der Waals surface area contributed by atoms with E-state index < -0.39 is 0 Å². The van der Waals surface area contributed by atoms with E-state index in [1.54, 1.807) is 0 Å². The Bertz CT molecular complexity index is 2110. The van der Waals surface area contributed by atoms with Gasteiger partial charge in [-0.1, -0.05) is 72.7 Å². The molecule has 2 aliphatic heterocycles. The van der Waals surface area contributed by atoms with Gasteiger partial charge in [0.2, 0.25) is 0 Å². The summed E-state index contributed by atoms with van der Waals surface area (Å²) in [6.45, 7) is 19.1. The molecule has 45 heavy (non-hydrogen) atoms. The van der Waals surface area contributed by atoms with Gasteiger partial charge in [-0.3, -0.25) is 0 Å². The molecular formula is C41H42BNOS. The quantitative estimate of drug-likeness (QED) is 0.173. The number of benzene rings is 4. The Kier molecular flexibility index (Phi) is 5.47. The molecule has 0 atom stereocenters. The van der Waals surface area contributed by atoms with Gasteiger partial charge in [0.25, 0.3) is 6.71 Å². The SMILES string of the molecule is Cc1cc2c3c(c1)N(c1cccc4c1CC4)c1c(sc4cc5c(cc14)C(C)(C)CCC5(C)C)B3c1cc(C(C)(C)C)ccc1O2. The van der Waals surface area contributed by atoms with E-state index in [0.717, 1.165) is 17.9 Å². The second kappa shape index (κ2) is 8.85. The number of hydrogen-bond acceptors (Lipinski definition) is 3. The predicted octanol–water partition coefficient (Wildman–Crippen LogP) is 9.36. The summed E-state index contributed by atoms with van der Waals surface area (Å²) in [4.78, 5) is 2.64. The lowest BCUT2D eigenvalue weighted by Crippen LogP contribution is -2.58. The van der Waals surface area contributed by atoms with Crippen LogP contribution < -0.4 is 25.3 Å². The van der Waals surface area contributed by atoms with Crippen LogP contribution >= 0.6 is 11.3 Å². The predicted molar refractivity (Wildman–Crippen MR) is 194 cm³/mol. The molecule has 4 heteroatoms. The van der Waals surface area contributed by atoms with Crippen LogP contribution in [0.5, 0.6) is 11.5 Å². The topological polar surface area (TPSA) is 12.5 Å². The van der Waals surface area contributed by atoms with Crippen LogP contribution in [-0.2, 0) is 29.1 Å². The Morgan fingerprint density at radius 3 is 2.29 bits per heavy atom. The molecule has 1 aromatic heterocycles. The van der Waals surface area contributed by atoms with Crippen LogP contribution in [0, 0.1) is 6.92 Å². The minimum atomic E-state index is 0.0532. The average molecular weight is 608 g/mol. The largest absolute Gasteiger partial charge is 0.458 e. The average Bonchev–Trinajstić information content (AvgIpc) is 3.33. The molecule has 9 rings (SSSR count). The van der Waals surface area contributed by atoms with Crippen molar-refractivity contribution in [1.29, 1.82) is 0 Å². The number of nitrogens with zero attached hydrogens (tertiary/aromatic N) is 1. The Labute approximate surface area is 272 Å². The number of hydrogen-bond donors (Lipinski definition) is 0. The van der Waals surface area contributed by atoms with E-state index in [-0.39, 0.29) is 23.0 Å². The molecule has 0 radical (unpaired) electrons. The molecule has 5 aromatic rings. The number of anilines is 3. The summed E-state index contributed by atoms with van der Waals surface area (Å²) in [5, 5.41) is 1.41. The van der Waals surface area contributed by atoms with Crippen LogP contribution in [0.1, 0.15) is 94.7 Å². The van der Waals surface area contributed by atoms with Crippen LogP contribution in [-0.4, -0.2) is 6.71 Å². The first-order chi connectivity index (χ1) is 21.3. The molecule has 0 N–H and O–H groups in total. The number of thiophene rings is 1. The highest BCUT2D eigenvalue weighted by atomic mass is 32.1. The van der Waals surface area contributed by atoms with Crippen molar-refractivity contribution in [3.63, 3.8) is 0 Å². The fourth-order valence-corrected chi connectivity index (χ4v) is 9.92. The fourth-order valence-electron chi connectivity index (χ4n) is 8.58. The Balaban J connectivity index is 1.41. The maximum absolute atomic E-state index is 6.83. The fraction of sp³-hybridized carbons (Fsp3) is 0.366. The molecule has 2 nitrogen and oxygen atoms in total. The Morgan fingerprint density at radius 2 is 1.58 bits per heavy atom. The third-order valence-corrected chi connectivity index (χ3v) is 12.7. The van der Waals surface area contributed by atoms with E-state index in [9.17, 15) is 0 Å². The van der Waals surface area contributed by atoms with Crippen molar-refractivity contribution in [2.24, 2.45) is 0 Å². The minimum absolute atomic E-state index is 0.0532. The standard InChI is InChI=1S/C41H42BNOS/c1-23-18-32-36-34(19-23)44-33-15-13-25(39(2,3)4)20-30(33)42(36)38-37(43(32)31-11-9-10-24-12-14-26(24)31)27-21-28-29(22-35(27)45-38)41(7,8)17-16-40(28,5)6/h9-11,13,15,18-22H,12,14,16-17H2,1-8H3. The first kappa shape index (κ1) is 27.8. The lowest BCUT2D eigenvalue weighted by atomic mass is 9.36. The molecule has 4 aliphatic rings. The molecule has 0 fully saturated rings. The highest BCUT2D eigenvalue weighted by Crippen LogP contribution is 2.52. The van der Waals surface area contributed by atoms with E-state index in [1.807, 2.05) is 11.3 Å². The van der Waals surface area contributed by atoms with Gasteiger partial charge in [0.05, 0.1) is 5.69 Å². The molecule has 0 unspecified atom stereocenters. The molecule has 4 aromatic carbocycles. The van der Waals surface area contributed by atoms with Crippen molar-refractivity contribution in [3.8, 4) is 11.5 Å². The van der Waals surface area contributed by atoms with Crippen LogP contribution in [0.3, 0.4) is 0 Å². The van der Waals surface area contributed by atoms with Crippen molar-refractivity contribution in [3.05, 3.63) is 94.0 Å². The number of rotatable bonds is 1. The summed E-state index contributed by atoms with van der Waals surface area (Å²) in [5.74, 6) is 2.01. The summed E-state index contributed by atoms with van der Waals surface area (Å²) < 4.78 is 9.69. The summed E-state index contributed by atoms with van der Waals surface area (Å²) in [6.07, 6.45) is 4.76. The molecular weight excluding hydrogens is 565 g/mol. The van der Waals surface area contributed by atoms with Gasteiger partial charge >= 0.3 is 0 Å². The van der Waals surface area contributed by atoms with Crippen LogP contribution in [0.4, 0.5) is 17.1 Å². The Morgan fingerprint density at radius 1 is 0.822 bits per heavy atom. The lowest BCUT2D eigenvalue weighted by Gasteiger charge is -2.42. The zero-order valence-corrected chi connectivity index (χ0v) is 28.8. The Hall–Kier alpha value is -3.50. The number of fused-ring (bicyclic) bond motifs is 8. The van der Waals surface area contributed by atoms with E-state index in [1.165, 1.54) is 95.5 Å². The van der Waals surface area contributed by atoms with Crippen LogP contribution in [0.15, 0.2) is 60.7 Å². The van der Waals surface area contributed by atoms with Gasteiger partial charge in [0.15, 0.2) is 0 Å². The maximum atomic E-state index is 6.83. The molecule has 226 valence electrons. The van der Waals surface area contributed by atoms with Crippen molar-refractivity contribution in [2.75, 3.05) is 4.90 Å². The molecule has 3 heterocycles. The van der Waals surface area contributed by atoms with Crippen molar-refractivity contribution in [2.45, 2.75) is 97.3 Å². The van der Waals surface area contributed by atoms with E-state index in [2.05, 4.69) is 121 Å². The normalized spacial score (nSPS) is 18.3. The van der Waals surface area contributed by atoms with Crippen molar-refractivity contribution >= 4 is 60.9 Å².